The summed E-state index contributed by atoms with van der Waals surface area (Å²) in [5.74, 6) is 3.42. The van der Waals surface area contributed by atoms with E-state index in [0.717, 1.165) is 25.2 Å². The Hall–Kier alpha value is -1.86. The van der Waals surface area contributed by atoms with E-state index in [1.165, 1.54) is 62.5 Å². The van der Waals surface area contributed by atoms with E-state index in [-0.39, 0.29) is 10.8 Å². The first-order valence-electron chi connectivity index (χ1n) is 15.4. The van der Waals surface area contributed by atoms with Crippen LogP contribution in [0, 0.1) is 46.3 Å². The molecule has 2 spiro atoms. The number of allylic oxidation sites excluding steroid dienone is 7. The lowest BCUT2D eigenvalue weighted by atomic mass is 9.37. The lowest BCUT2D eigenvalue weighted by Crippen LogP contribution is -2.60. The van der Waals surface area contributed by atoms with Gasteiger partial charge in [0.2, 0.25) is 0 Å². The minimum absolute atomic E-state index is 0.215. The van der Waals surface area contributed by atoms with E-state index in [4.69, 9.17) is 0 Å². The van der Waals surface area contributed by atoms with Crippen LogP contribution in [0.25, 0.3) is 0 Å². The van der Waals surface area contributed by atoms with Crippen LogP contribution >= 0.6 is 0 Å². The van der Waals surface area contributed by atoms with Gasteiger partial charge in [-0.1, -0.05) is 84.4 Å². The third-order valence-corrected chi connectivity index (χ3v) is 12.8. The van der Waals surface area contributed by atoms with Crippen molar-refractivity contribution in [2.24, 2.45) is 46.3 Å². The molecule has 0 radical (unpaired) electrons. The topological polar surface area (TPSA) is 20.2 Å². The zero-order chi connectivity index (χ0) is 25.4. The highest BCUT2D eigenvalue weighted by molar-refractivity contribution is 5.48. The molecule has 4 fully saturated rings. The van der Waals surface area contributed by atoms with Crippen LogP contribution in [-0.2, 0) is 6.42 Å². The van der Waals surface area contributed by atoms with E-state index < -0.39 is 5.60 Å². The van der Waals surface area contributed by atoms with E-state index in [0.29, 0.717) is 29.6 Å². The average molecular weight is 495 g/mol. The molecule has 196 valence electrons. The summed E-state index contributed by atoms with van der Waals surface area (Å²) in [4.78, 5) is 0. The predicted octanol–water partition coefficient (Wildman–Crippen LogP) is 8.62. The number of hydrogen-bond donors (Lipinski definition) is 1. The van der Waals surface area contributed by atoms with Crippen molar-refractivity contribution in [2.45, 2.75) is 90.1 Å². The molecule has 1 heteroatoms. The molecule has 0 amide bonds. The number of benzene rings is 1. The van der Waals surface area contributed by atoms with Gasteiger partial charge in [-0.15, -0.1) is 0 Å². The van der Waals surface area contributed by atoms with Crippen molar-refractivity contribution in [3.8, 4) is 0 Å². The Balaban J connectivity index is 1.26. The first-order valence-corrected chi connectivity index (χ1v) is 15.4. The van der Waals surface area contributed by atoms with Gasteiger partial charge in [0.25, 0.3) is 0 Å². The zero-order valence-electron chi connectivity index (χ0n) is 23.1. The van der Waals surface area contributed by atoms with Gasteiger partial charge in [0, 0.05) is 10.8 Å². The smallest absolute Gasteiger partial charge is 0.0710 e. The van der Waals surface area contributed by atoms with Crippen LogP contribution in [0.4, 0.5) is 0 Å². The molecule has 1 aromatic carbocycles. The van der Waals surface area contributed by atoms with Gasteiger partial charge in [-0.3, -0.25) is 0 Å². The monoisotopic (exact) mass is 494 g/mol. The maximum Gasteiger partial charge on any atom is 0.0710 e. The SMILES string of the molecule is C=C(C)C1CC2=C(C)C=CC34C5CCC(C1)C23CC=CC4C(C1(O)CCCC1CCc1ccccc1)C5. The van der Waals surface area contributed by atoms with Gasteiger partial charge < -0.3 is 5.11 Å². The van der Waals surface area contributed by atoms with E-state index >= 15 is 0 Å². The molecule has 0 heterocycles. The van der Waals surface area contributed by atoms with Gasteiger partial charge >= 0.3 is 0 Å². The second-order valence-electron chi connectivity index (χ2n) is 14.0. The molecule has 0 bridgehead atoms. The minimum Gasteiger partial charge on any atom is -0.389 e. The highest BCUT2D eigenvalue weighted by Crippen LogP contribution is 2.78. The molecule has 9 atom stereocenters. The lowest BCUT2D eigenvalue weighted by Gasteiger charge is -2.67. The summed E-state index contributed by atoms with van der Waals surface area (Å²) in [5, 5.41) is 12.7. The first-order chi connectivity index (χ1) is 17.9. The molecule has 1 nitrogen and oxygen atoms in total. The van der Waals surface area contributed by atoms with E-state index in [9.17, 15) is 5.11 Å². The molecule has 0 aliphatic heterocycles. The molecule has 1 N–H and O–H groups in total. The summed E-state index contributed by atoms with van der Waals surface area (Å²) in [6, 6.07) is 10.9. The van der Waals surface area contributed by atoms with E-state index in [2.05, 4.69) is 75.1 Å². The van der Waals surface area contributed by atoms with Gasteiger partial charge in [-0.05, 0) is 119 Å². The maximum atomic E-state index is 12.7. The van der Waals surface area contributed by atoms with Gasteiger partial charge in [0.15, 0.2) is 0 Å². The van der Waals surface area contributed by atoms with Gasteiger partial charge in [-0.2, -0.15) is 0 Å². The van der Waals surface area contributed by atoms with Crippen LogP contribution in [0.3, 0.4) is 0 Å². The quantitative estimate of drug-likeness (QED) is 0.406. The van der Waals surface area contributed by atoms with Crippen LogP contribution in [0.1, 0.15) is 83.6 Å². The number of aryl methyl sites for hydroxylation is 1. The molecule has 9 unspecified atom stereocenters. The summed E-state index contributed by atoms with van der Waals surface area (Å²) in [6.07, 6.45) is 23.7. The highest BCUT2D eigenvalue weighted by atomic mass is 16.3. The van der Waals surface area contributed by atoms with Crippen molar-refractivity contribution in [2.75, 3.05) is 0 Å². The van der Waals surface area contributed by atoms with E-state index in [1.807, 2.05) is 0 Å². The first kappa shape index (κ1) is 24.2. The molecule has 4 saturated carbocycles. The zero-order valence-corrected chi connectivity index (χ0v) is 23.1. The fourth-order valence-electron chi connectivity index (χ4n) is 11.2. The second-order valence-corrected chi connectivity index (χ2v) is 14.0. The number of rotatable bonds is 5. The Labute approximate surface area is 224 Å². The Kier molecular flexibility index (Phi) is 5.61. The second kappa shape index (κ2) is 8.57. The van der Waals surface area contributed by atoms with Crippen molar-refractivity contribution in [1.82, 2.24) is 0 Å². The third kappa shape index (κ3) is 3.19. The van der Waals surface area contributed by atoms with Crippen LogP contribution in [-0.4, -0.2) is 10.7 Å². The maximum absolute atomic E-state index is 12.7. The molecular formula is C36H46O. The van der Waals surface area contributed by atoms with Crippen LogP contribution in [0.2, 0.25) is 0 Å². The van der Waals surface area contributed by atoms with Gasteiger partial charge in [-0.25, -0.2) is 0 Å². The Morgan fingerprint density at radius 3 is 2.70 bits per heavy atom. The van der Waals surface area contributed by atoms with Gasteiger partial charge in [0.1, 0.15) is 0 Å². The van der Waals surface area contributed by atoms with Crippen molar-refractivity contribution in [1.29, 1.82) is 0 Å². The van der Waals surface area contributed by atoms with Crippen molar-refractivity contribution in [3.63, 3.8) is 0 Å². The summed E-state index contributed by atoms with van der Waals surface area (Å²) in [7, 11) is 0. The van der Waals surface area contributed by atoms with Crippen molar-refractivity contribution < 1.29 is 5.11 Å². The molecule has 0 saturated heterocycles. The molecule has 1 aromatic rings. The van der Waals surface area contributed by atoms with Gasteiger partial charge in [0.05, 0.1) is 5.60 Å². The molecule has 0 aromatic heterocycles. The Bertz CT molecular complexity index is 1170. The highest BCUT2D eigenvalue weighted by Gasteiger charge is 2.72. The summed E-state index contributed by atoms with van der Waals surface area (Å²) in [6.45, 7) is 9.07. The molecule has 7 rings (SSSR count). The largest absolute Gasteiger partial charge is 0.389 e. The fraction of sp³-hybridized carbons (Fsp3) is 0.611. The Morgan fingerprint density at radius 1 is 1.08 bits per heavy atom. The summed E-state index contributed by atoms with van der Waals surface area (Å²) >= 11 is 0. The van der Waals surface area contributed by atoms with Crippen LogP contribution in [0.15, 0.2) is 77.9 Å². The Morgan fingerprint density at radius 2 is 1.89 bits per heavy atom. The fourth-order valence-corrected chi connectivity index (χ4v) is 11.2. The average Bonchev–Trinajstić information content (AvgIpc) is 3.45. The molecule has 6 aliphatic rings. The molecule has 37 heavy (non-hydrogen) atoms. The minimum atomic E-state index is -0.511. The number of hydrogen-bond acceptors (Lipinski definition) is 1. The lowest BCUT2D eigenvalue weighted by molar-refractivity contribution is -0.101. The van der Waals surface area contributed by atoms with Crippen molar-refractivity contribution in [3.05, 3.63) is 83.5 Å². The molecule has 6 aliphatic carbocycles. The summed E-state index contributed by atoms with van der Waals surface area (Å²) in [5.41, 5.74) is 6.11. The van der Waals surface area contributed by atoms with Crippen LogP contribution < -0.4 is 0 Å². The summed E-state index contributed by atoms with van der Waals surface area (Å²) < 4.78 is 0. The van der Waals surface area contributed by atoms with E-state index in [1.54, 1.807) is 11.1 Å². The normalized spacial score (nSPS) is 45.6. The van der Waals surface area contributed by atoms with Crippen LogP contribution in [0.5, 0.6) is 0 Å². The van der Waals surface area contributed by atoms with Crippen molar-refractivity contribution >= 4 is 0 Å². The third-order valence-electron chi connectivity index (χ3n) is 12.8. The standard InChI is InChI=1S/C36H46O/c1-24(2)27-21-29-15-16-30-23-33(36(37)19-7-11-28(36)14-13-26-9-5-4-6-10-26)31-12-8-18-34(29)32(22-27)25(3)17-20-35(30,31)34/h4-6,8-10,12,17,20,27-31,33,37H,1,7,11,13-16,18-19,21-23H2,2-3H3. The molecular weight excluding hydrogens is 448 g/mol. The predicted molar refractivity (Wildman–Crippen MR) is 153 cm³/mol. The number of aliphatic hydroxyl groups is 1.